The van der Waals surface area contributed by atoms with Gasteiger partial charge in [0.25, 0.3) is 0 Å². The molecular formula is C30H27Br2N. The second kappa shape index (κ2) is 8.77. The SMILES string of the molecule is CC(C)c1cc(Br)ccc1-c1ccc2[nH]c3ccc(-c4ccc(Br)cc4C(C)C)cc3c2c1. The van der Waals surface area contributed by atoms with Crippen molar-refractivity contribution in [2.75, 3.05) is 0 Å². The maximum atomic E-state index is 3.65. The highest BCUT2D eigenvalue weighted by atomic mass is 79.9. The lowest BCUT2D eigenvalue weighted by Crippen LogP contribution is -1.93. The van der Waals surface area contributed by atoms with Gasteiger partial charge >= 0.3 is 0 Å². The molecule has 1 heterocycles. The molecular weight excluding hydrogens is 534 g/mol. The summed E-state index contributed by atoms with van der Waals surface area (Å²) < 4.78 is 2.26. The predicted molar refractivity (Wildman–Crippen MR) is 150 cm³/mol. The van der Waals surface area contributed by atoms with Gasteiger partial charge in [0.1, 0.15) is 0 Å². The Hall–Kier alpha value is -2.36. The molecule has 0 unspecified atom stereocenters. The van der Waals surface area contributed by atoms with Crippen LogP contribution in [-0.4, -0.2) is 4.98 Å². The molecule has 5 aromatic rings. The first-order chi connectivity index (χ1) is 15.8. The first-order valence-corrected chi connectivity index (χ1v) is 13.1. The van der Waals surface area contributed by atoms with Crippen LogP contribution in [0.15, 0.2) is 81.7 Å². The highest BCUT2D eigenvalue weighted by Gasteiger charge is 2.14. The van der Waals surface area contributed by atoms with Crippen molar-refractivity contribution in [2.45, 2.75) is 39.5 Å². The molecule has 0 aliphatic carbocycles. The van der Waals surface area contributed by atoms with E-state index in [4.69, 9.17) is 0 Å². The van der Waals surface area contributed by atoms with E-state index in [0.717, 1.165) is 8.95 Å². The van der Waals surface area contributed by atoms with Crippen LogP contribution in [0.1, 0.15) is 50.7 Å². The summed E-state index contributed by atoms with van der Waals surface area (Å²) in [5.41, 5.74) is 10.2. The molecule has 1 aromatic heterocycles. The quantitative estimate of drug-likeness (QED) is 0.225. The molecule has 0 aliphatic heterocycles. The van der Waals surface area contributed by atoms with Crippen LogP contribution in [0, 0.1) is 0 Å². The molecule has 5 rings (SSSR count). The lowest BCUT2D eigenvalue weighted by Gasteiger charge is -2.14. The molecule has 3 heteroatoms. The van der Waals surface area contributed by atoms with Gasteiger partial charge in [0, 0.05) is 30.8 Å². The van der Waals surface area contributed by atoms with Crippen molar-refractivity contribution in [3.63, 3.8) is 0 Å². The van der Waals surface area contributed by atoms with E-state index >= 15 is 0 Å². The fourth-order valence-electron chi connectivity index (χ4n) is 4.78. The van der Waals surface area contributed by atoms with Crippen molar-refractivity contribution in [2.24, 2.45) is 0 Å². The number of halogens is 2. The van der Waals surface area contributed by atoms with Gasteiger partial charge in [0.15, 0.2) is 0 Å². The molecule has 33 heavy (non-hydrogen) atoms. The van der Waals surface area contributed by atoms with Crippen LogP contribution in [0.5, 0.6) is 0 Å². The summed E-state index contributed by atoms with van der Waals surface area (Å²) in [6.45, 7) is 9.02. The van der Waals surface area contributed by atoms with Gasteiger partial charge in [-0.1, -0.05) is 83.8 Å². The van der Waals surface area contributed by atoms with Crippen molar-refractivity contribution in [1.29, 1.82) is 0 Å². The maximum absolute atomic E-state index is 3.65. The van der Waals surface area contributed by atoms with Gasteiger partial charge in [-0.2, -0.15) is 0 Å². The number of hydrogen-bond acceptors (Lipinski definition) is 0. The van der Waals surface area contributed by atoms with E-state index in [1.807, 2.05) is 0 Å². The zero-order valence-electron chi connectivity index (χ0n) is 19.3. The van der Waals surface area contributed by atoms with Gasteiger partial charge in [-0.15, -0.1) is 0 Å². The Labute approximate surface area is 212 Å². The number of aromatic amines is 1. The van der Waals surface area contributed by atoms with Gasteiger partial charge < -0.3 is 4.98 Å². The molecule has 0 spiro atoms. The van der Waals surface area contributed by atoms with Crippen LogP contribution in [0.3, 0.4) is 0 Å². The number of fused-ring (bicyclic) bond motifs is 3. The summed E-state index contributed by atoms with van der Waals surface area (Å²) >= 11 is 7.29. The molecule has 1 nitrogen and oxygen atoms in total. The summed E-state index contributed by atoms with van der Waals surface area (Å²) in [7, 11) is 0. The number of hydrogen-bond donors (Lipinski definition) is 1. The average Bonchev–Trinajstić information content (AvgIpc) is 3.16. The summed E-state index contributed by atoms with van der Waals surface area (Å²) in [6, 6.07) is 26.8. The average molecular weight is 561 g/mol. The summed E-state index contributed by atoms with van der Waals surface area (Å²) in [4.78, 5) is 3.61. The lowest BCUT2D eigenvalue weighted by molar-refractivity contribution is 0.868. The largest absolute Gasteiger partial charge is 0.355 e. The van der Waals surface area contributed by atoms with Crippen LogP contribution in [0.2, 0.25) is 0 Å². The minimum absolute atomic E-state index is 0.453. The highest BCUT2D eigenvalue weighted by Crippen LogP contribution is 2.38. The molecule has 0 radical (unpaired) electrons. The summed E-state index contributed by atoms with van der Waals surface area (Å²) in [6.07, 6.45) is 0. The van der Waals surface area contributed by atoms with E-state index in [2.05, 4.69) is 137 Å². The molecule has 0 saturated heterocycles. The Morgan fingerprint density at radius 3 is 1.36 bits per heavy atom. The normalized spacial score (nSPS) is 11.9. The third-order valence-corrected chi connectivity index (χ3v) is 7.48. The van der Waals surface area contributed by atoms with E-state index in [1.165, 1.54) is 55.2 Å². The molecule has 0 amide bonds. The fraction of sp³-hybridized carbons (Fsp3) is 0.200. The molecule has 0 atom stereocenters. The standard InChI is InChI=1S/C30H27Br2N/c1-17(2)25-15-21(31)7-9-23(25)19-5-11-29-27(13-19)28-14-20(6-12-30(28)33-29)24-10-8-22(32)16-26(24)18(3)4/h5-18,33H,1-4H3. The zero-order valence-corrected chi connectivity index (χ0v) is 22.5. The number of nitrogens with one attached hydrogen (secondary N) is 1. The van der Waals surface area contributed by atoms with Crippen LogP contribution in [0.25, 0.3) is 44.1 Å². The third-order valence-electron chi connectivity index (χ3n) is 6.49. The van der Waals surface area contributed by atoms with Gasteiger partial charge in [0.05, 0.1) is 0 Å². The van der Waals surface area contributed by atoms with E-state index in [-0.39, 0.29) is 0 Å². The van der Waals surface area contributed by atoms with Crippen molar-refractivity contribution >= 4 is 53.7 Å². The Morgan fingerprint density at radius 1 is 0.545 bits per heavy atom. The number of benzene rings is 4. The predicted octanol–water partition coefficient (Wildman–Crippen LogP) is 10.4. The van der Waals surface area contributed by atoms with Gasteiger partial charge in [-0.3, -0.25) is 0 Å². The molecule has 0 saturated carbocycles. The van der Waals surface area contributed by atoms with Crippen LogP contribution >= 0.6 is 31.9 Å². The zero-order chi connectivity index (χ0) is 23.3. The molecule has 0 bridgehead atoms. The Kier molecular flexibility index (Phi) is 5.96. The van der Waals surface area contributed by atoms with Crippen molar-refractivity contribution in [1.82, 2.24) is 4.98 Å². The second-order valence-electron chi connectivity index (χ2n) is 9.42. The molecule has 0 fully saturated rings. The number of aromatic nitrogens is 1. The first kappa shape index (κ1) is 22.4. The molecule has 0 aliphatic rings. The van der Waals surface area contributed by atoms with Crippen LogP contribution in [0.4, 0.5) is 0 Å². The fourth-order valence-corrected chi connectivity index (χ4v) is 5.54. The Bertz CT molecular complexity index is 1380. The minimum Gasteiger partial charge on any atom is -0.355 e. The third kappa shape index (κ3) is 4.18. The van der Waals surface area contributed by atoms with E-state index in [0.29, 0.717) is 11.8 Å². The lowest BCUT2D eigenvalue weighted by atomic mass is 9.91. The van der Waals surface area contributed by atoms with Gasteiger partial charge in [-0.25, -0.2) is 0 Å². The Balaban J connectivity index is 1.70. The number of H-pyrrole nitrogens is 1. The monoisotopic (exact) mass is 559 g/mol. The number of rotatable bonds is 4. The molecule has 4 aromatic carbocycles. The maximum Gasteiger partial charge on any atom is 0.0465 e. The highest BCUT2D eigenvalue weighted by molar-refractivity contribution is 9.10. The topological polar surface area (TPSA) is 15.8 Å². The summed E-state index contributed by atoms with van der Waals surface area (Å²) in [5.74, 6) is 0.907. The summed E-state index contributed by atoms with van der Waals surface area (Å²) in [5, 5.41) is 2.54. The van der Waals surface area contributed by atoms with E-state index in [1.54, 1.807) is 0 Å². The van der Waals surface area contributed by atoms with Crippen molar-refractivity contribution < 1.29 is 0 Å². The Morgan fingerprint density at radius 2 is 0.970 bits per heavy atom. The van der Waals surface area contributed by atoms with Gasteiger partial charge in [-0.05, 0) is 93.7 Å². The second-order valence-corrected chi connectivity index (χ2v) is 11.2. The van der Waals surface area contributed by atoms with Crippen molar-refractivity contribution in [3.05, 3.63) is 92.9 Å². The van der Waals surface area contributed by atoms with E-state index < -0.39 is 0 Å². The van der Waals surface area contributed by atoms with Gasteiger partial charge in [0.2, 0.25) is 0 Å². The van der Waals surface area contributed by atoms with Crippen molar-refractivity contribution in [3.8, 4) is 22.3 Å². The molecule has 166 valence electrons. The van der Waals surface area contributed by atoms with E-state index in [9.17, 15) is 0 Å². The smallest absolute Gasteiger partial charge is 0.0465 e. The minimum atomic E-state index is 0.453. The van der Waals surface area contributed by atoms with Crippen LogP contribution < -0.4 is 0 Å². The molecule has 1 N–H and O–H groups in total. The first-order valence-electron chi connectivity index (χ1n) is 11.5. The van der Waals surface area contributed by atoms with Crippen LogP contribution in [-0.2, 0) is 0 Å².